The zero-order valence-corrected chi connectivity index (χ0v) is 19.4. The normalized spacial score (nSPS) is 24.3. The van der Waals surface area contributed by atoms with E-state index in [1.54, 1.807) is 66.9 Å². The topological polar surface area (TPSA) is 79.3 Å². The van der Waals surface area contributed by atoms with Gasteiger partial charge >= 0.3 is 0 Å². The molecular formula is C27H20ClN3O4. The van der Waals surface area contributed by atoms with Crippen molar-refractivity contribution in [2.75, 3.05) is 12.0 Å². The number of hydrogen-bond donors (Lipinski definition) is 0. The van der Waals surface area contributed by atoms with Crippen LogP contribution in [0.15, 0.2) is 77.9 Å². The Bertz CT molecular complexity index is 1390. The van der Waals surface area contributed by atoms with Crippen LogP contribution in [0.4, 0.5) is 5.69 Å². The van der Waals surface area contributed by atoms with Gasteiger partial charge in [-0.05, 0) is 59.7 Å². The minimum Gasteiger partial charge on any atom is -0.497 e. The molecule has 2 saturated heterocycles. The number of carbonyl (C=O) groups excluding carboxylic acids is 3. The number of rotatable bonds is 4. The Morgan fingerprint density at radius 2 is 1.60 bits per heavy atom. The Labute approximate surface area is 206 Å². The molecule has 6 rings (SSSR count). The van der Waals surface area contributed by atoms with E-state index in [9.17, 15) is 14.4 Å². The fourth-order valence-corrected chi connectivity index (χ4v) is 5.57. The first-order chi connectivity index (χ1) is 17.0. The predicted molar refractivity (Wildman–Crippen MR) is 131 cm³/mol. The molecule has 2 amide bonds. The number of carbonyl (C=O) groups is 3. The molecule has 7 nitrogen and oxygen atoms in total. The number of hydrazone groups is 1. The molecule has 0 spiro atoms. The summed E-state index contributed by atoms with van der Waals surface area (Å²) in [6, 6.07) is 19.5. The standard InChI is InChI=1S/C27H20ClN3O4/c1-35-19-12-6-15(7-13-19)25(32)24-22-21(23-20-5-3-2-4-16(20)14-29-31(23)24)26(33)30(27(22)34)18-10-8-17(28)9-11-18/h2-14,21-24H,1H3/t21-,22+,23?,24-/m1/s1. The average Bonchev–Trinajstić information content (AvgIpc) is 3.37. The van der Waals surface area contributed by atoms with Crippen LogP contribution >= 0.6 is 11.6 Å². The van der Waals surface area contributed by atoms with Crippen LogP contribution in [0.2, 0.25) is 5.02 Å². The Morgan fingerprint density at radius 3 is 2.31 bits per heavy atom. The van der Waals surface area contributed by atoms with Crippen LogP contribution in [0.25, 0.3) is 0 Å². The lowest BCUT2D eigenvalue weighted by Gasteiger charge is -2.33. The van der Waals surface area contributed by atoms with Crippen LogP contribution in [-0.2, 0) is 9.59 Å². The van der Waals surface area contributed by atoms with Gasteiger partial charge in [0.1, 0.15) is 11.8 Å². The van der Waals surface area contributed by atoms with E-state index in [1.165, 1.54) is 4.90 Å². The first-order valence-corrected chi connectivity index (χ1v) is 11.6. The Hall–Kier alpha value is -3.97. The van der Waals surface area contributed by atoms with E-state index in [2.05, 4.69) is 5.10 Å². The van der Waals surface area contributed by atoms with E-state index >= 15 is 0 Å². The molecule has 3 aromatic carbocycles. The lowest BCUT2D eigenvalue weighted by Crippen LogP contribution is -2.44. The molecule has 8 heteroatoms. The summed E-state index contributed by atoms with van der Waals surface area (Å²) in [5, 5.41) is 6.73. The number of benzene rings is 3. The molecule has 1 unspecified atom stereocenters. The molecule has 0 bridgehead atoms. The van der Waals surface area contributed by atoms with Crippen molar-refractivity contribution in [2.24, 2.45) is 16.9 Å². The van der Waals surface area contributed by atoms with Crippen LogP contribution in [-0.4, -0.2) is 42.0 Å². The van der Waals surface area contributed by atoms with Crippen molar-refractivity contribution in [1.82, 2.24) is 5.01 Å². The molecule has 3 aliphatic rings. The minimum atomic E-state index is -0.920. The number of nitrogens with zero attached hydrogens (tertiary/aromatic N) is 3. The van der Waals surface area contributed by atoms with Gasteiger partial charge in [0.2, 0.25) is 11.8 Å². The third-order valence-electron chi connectivity index (χ3n) is 7.02. The van der Waals surface area contributed by atoms with Crippen molar-refractivity contribution in [2.45, 2.75) is 12.1 Å². The van der Waals surface area contributed by atoms with Crippen LogP contribution < -0.4 is 9.64 Å². The highest BCUT2D eigenvalue weighted by Gasteiger charge is 2.65. The SMILES string of the molecule is COc1ccc(C(=O)[C@H]2[C@H]3C(=O)N(c4ccc(Cl)cc4)C(=O)[C@H]3C3c4ccccc4C=NN32)cc1. The summed E-state index contributed by atoms with van der Waals surface area (Å²) in [7, 11) is 1.55. The number of anilines is 1. The second kappa shape index (κ2) is 8.06. The van der Waals surface area contributed by atoms with E-state index in [4.69, 9.17) is 16.3 Å². The molecule has 0 radical (unpaired) electrons. The molecule has 3 aromatic rings. The maximum Gasteiger partial charge on any atom is 0.240 e. The molecule has 174 valence electrons. The summed E-state index contributed by atoms with van der Waals surface area (Å²) in [4.78, 5) is 42.6. The highest BCUT2D eigenvalue weighted by atomic mass is 35.5. The number of halogens is 1. The number of imide groups is 1. The molecule has 0 aromatic heterocycles. The van der Waals surface area contributed by atoms with Gasteiger partial charge in [0.25, 0.3) is 0 Å². The number of fused-ring (bicyclic) bond motifs is 5. The van der Waals surface area contributed by atoms with E-state index < -0.39 is 29.8 Å². The maximum atomic E-state index is 13.8. The lowest BCUT2D eigenvalue weighted by molar-refractivity contribution is -0.124. The summed E-state index contributed by atoms with van der Waals surface area (Å²) < 4.78 is 5.21. The Morgan fingerprint density at radius 1 is 0.914 bits per heavy atom. The number of Topliss-reactive ketones (excluding diaryl/α,β-unsaturated/α-hetero) is 1. The van der Waals surface area contributed by atoms with Crippen molar-refractivity contribution >= 4 is 41.1 Å². The van der Waals surface area contributed by atoms with Crippen molar-refractivity contribution in [3.05, 3.63) is 94.5 Å². The Balaban J connectivity index is 1.47. The summed E-state index contributed by atoms with van der Waals surface area (Å²) >= 11 is 6.02. The summed E-state index contributed by atoms with van der Waals surface area (Å²) in [5.41, 5.74) is 2.61. The van der Waals surface area contributed by atoms with Gasteiger partial charge in [-0.2, -0.15) is 5.10 Å². The fraction of sp³-hybridized carbons (Fsp3) is 0.185. The second-order valence-electron chi connectivity index (χ2n) is 8.78. The van der Waals surface area contributed by atoms with E-state index in [1.807, 2.05) is 24.3 Å². The van der Waals surface area contributed by atoms with Crippen molar-refractivity contribution in [3.8, 4) is 5.75 Å². The van der Waals surface area contributed by atoms with Crippen molar-refractivity contribution in [3.63, 3.8) is 0 Å². The van der Waals surface area contributed by atoms with Gasteiger partial charge in [0.15, 0.2) is 5.78 Å². The summed E-state index contributed by atoms with van der Waals surface area (Å²) in [5.74, 6) is -2.01. The van der Waals surface area contributed by atoms with E-state index in [0.717, 1.165) is 11.1 Å². The monoisotopic (exact) mass is 485 g/mol. The zero-order valence-electron chi connectivity index (χ0n) is 18.7. The number of methoxy groups -OCH3 is 1. The average molecular weight is 486 g/mol. The largest absolute Gasteiger partial charge is 0.497 e. The van der Waals surface area contributed by atoms with Gasteiger partial charge in [-0.15, -0.1) is 0 Å². The minimum absolute atomic E-state index is 0.263. The number of hydrogen-bond acceptors (Lipinski definition) is 6. The predicted octanol–water partition coefficient (Wildman–Crippen LogP) is 4.11. The molecule has 3 heterocycles. The summed E-state index contributed by atoms with van der Waals surface area (Å²) in [6.45, 7) is 0. The maximum absolute atomic E-state index is 13.8. The van der Waals surface area contributed by atoms with E-state index in [0.29, 0.717) is 22.0 Å². The molecular weight excluding hydrogens is 466 g/mol. The molecule has 35 heavy (non-hydrogen) atoms. The van der Waals surface area contributed by atoms with Gasteiger partial charge < -0.3 is 4.74 Å². The molecule has 0 N–H and O–H groups in total. The zero-order chi connectivity index (χ0) is 24.3. The number of amides is 2. The third-order valence-corrected chi connectivity index (χ3v) is 7.27. The smallest absolute Gasteiger partial charge is 0.240 e. The highest BCUT2D eigenvalue weighted by Crippen LogP contribution is 2.53. The van der Waals surface area contributed by atoms with Crippen LogP contribution in [0, 0.1) is 11.8 Å². The summed E-state index contributed by atoms with van der Waals surface area (Å²) in [6.07, 6.45) is 1.69. The number of ketones is 1. The fourth-order valence-electron chi connectivity index (χ4n) is 5.44. The van der Waals surface area contributed by atoms with Gasteiger partial charge in [-0.25, -0.2) is 4.90 Å². The molecule has 0 aliphatic carbocycles. The van der Waals surface area contributed by atoms with Crippen LogP contribution in [0.3, 0.4) is 0 Å². The van der Waals surface area contributed by atoms with Crippen LogP contribution in [0.1, 0.15) is 27.5 Å². The third kappa shape index (κ3) is 3.19. The van der Waals surface area contributed by atoms with E-state index in [-0.39, 0.29) is 11.7 Å². The molecule has 0 saturated carbocycles. The lowest BCUT2D eigenvalue weighted by atomic mass is 9.83. The molecule has 3 aliphatic heterocycles. The van der Waals surface area contributed by atoms with Gasteiger partial charge in [-0.1, -0.05) is 35.9 Å². The first kappa shape index (κ1) is 21.6. The van der Waals surface area contributed by atoms with Gasteiger partial charge in [0.05, 0.1) is 36.9 Å². The van der Waals surface area contributed by atoms with Gasteiger partial charge in [0, 0.05) is 10.6 Å². The number of ether oxygens (including phenoxy) is 1. The highest BCUT2D eigenvalue weighted by molar-refractivity contribution is 6.31. The quantitative estimate of drug-likeness (QED) is 0.410. The van der Waals surface area contributed by atoms with Crippen molar-refractivity contribution in [1.29, 1.82) is 0 Å². The second-order valence-corrected chi connectivity index (χ2v) is 9.21. The van der Waals surface area contributed by atoms with Crippen LogP contribution in [0.5, 0.6) is 5.75 Å². The Kier molecular flexibility index (Phi) is 4.96. The first-order valence-electron chi connectivity index (χ1n) is 11.2. The molecule has 4 atom stereocenters. The van der Waals surface area contributed by atoms with Gasteiger partial charge in [-0.3, -0.25) is 19.4 Å². The molecule has 2 fully saturated rings. The van der Waals surface area contributed by atoms with Crippen molar-refractivity contribution < 1.29 is 19.1 Å².